The average molecular weight is 491 g/mol. The number of likely N-dealkylation sites (N-methyl/N-ethyl adjacent to an activating group) is 1. The van der Waals surface area contributed by atoms with Crippen LogP contribution in [0.5, 0.6) is 0 Å². The number of nitrogens with zero attached hydrogens (tertiary/aromatic N) is 4. The van der Waals surface area contributed by atoms with Crippen molar-refractivity contribution in [2.24, 2.45) is 5.92 Å². The predicted molar refractivity (Wildman–Crippen MR) is 139 cm³/mol. The standard InChI is InChI=1S/C28H34N4O2S/c1-30(26(33)19-32-15-7-14-29-32)25(18-21-8-3-2-4-9-21)22-12-16-31(17-13-22)28(34)27-24-11-6-5-10-23(24)20-35-27/h2-4,7-9,14-15,20,22,25H,5-6,10-13,16-19H2,1H3. The first-order valence-corrected chi connectivity index (χ1v) is 13.6. The Bertz CT molecular complexity index is 1130. The van der Waals surface area contributed by atoms with Crippen molar-refractivity contribution in [3.8, 4) is 0 Å². The summed E-state index contributed by atoms with van der Waals surface area (Å²) in [5.41, 5.74) is 3.93. The van der Waals surface area contributed by atoms with Gasteiger partial charge in [-0.3, -0.25) is 14.3 Å². The van der Waals surface area contributed by atoms with Crippen LogP contribution in [0.15, 0.2) is 54.2 Å². The van der Waals surface area contributed by atoms with Gasteiger partial charge in [0.1, 0.15) is 6.54 Å². The van der Waals surface area contributed by atoms with E-state index in [2.05, 4.69) is 34.7 Å². The SMILES string of the molecule is CN(C(=O)Cn1cccn1)C(Cc1ccccc1)C1CCN(C(=O)c2scc3c2CCCC3)CC1. The Morgan fingerprint density at radius 2 is 1.89 bits per heavy atom. The highest BCUT2D eigenvalue weighted by atomic mass is 32.1. The van der Waals surface area contributed by atoms with Crippen LogP contribution in [-0.4, -0.2) is 57.6 Å². The van der Waals surface area contributed by atoms with Crippen LogP contribution in [0, 0.1) is 5.92 Å². The van der Waals surface area contributed by atoms with E-state index in [4.69, 9.17) is 0 Å². The number of carbonyl (C=O) groups is 2. The maximum absolute atomic E-state index is 13.4. The van der Waals surface area contributed by atoms with Gasteiger partial charge < -0.3 is 9.80 Å². The van der Waals surface area contributed by atoms with Gasteiger partial charge in [-0.05, 0) is 79.0 Å². The van der Waals surface area contributed by atoms with Gasteiger partial charge in [-0.1, -0.05) is 30.3 Å². The van der Waals surface area contributed by atoms with E-state index in [9.17, 15) is 9.59 Å². The zero-order valence-electron chi connectivity index (χ0n) is 20.4. The van der Waals surface area contributed by atoms with Gasteiger partial charge in [-0.15, -0.1) is 11.3 Å². The number of rotatable bonds is 7. The third-order valence-corrected chi connectivity index (χ3v) is 8.76. The summed E-state index contributed by atoms with van der Waals surface area (Å²) in [6.45, 7) is 1.75. The molecule has 0 bridgehead atoms. The molecule has 0 radical (unpaired) electrons. The molecule has 1 unspecified atom stereocenters. The topological polar surface area (TPSA) is 58.4 Å². The van der Waals surface area contributed by atoms with Gasteiger partial charge in [0.25, 0.3) is 5.91 Å². The molecule has 0 spiro atoms. The number of hydrogen-bond acceptors (Lipinski definition) is 4. The minimum atomic E-state index is 0.0679. The molecule has 7 heteroatoms. The van der Waals surface area contributed by atoms with Gasteiger partial charge in [-0.25, -0.2) is 0 Å². The van der Waals surface area contributed by atoms with Crippen molar-refractivity contribution in [3.05, 3.63) is 75.7 Å². The fourth-order valence-corrected chi connectivity index (χ4v) is 6.76. The van der Waals surface area contributed by atoms with Crippen LogP contribution in [0.2, 0.25) is 0 Å². The molecule has 3 aromatic rings. The van der Waals surface area contributed by atoms with Gasteiger partial charge in [-0.2, -0.15) is 5.10 Å². The molecule has 0 saturated carbocycles. The smallest absolute Gasteiger partial charge is 0.264 e. The monoisotopic (exact) mass is 490 g/mol. The highest BCUT2D eigenvalue weighted by Crippen LogP contribution is 2.33. The van der Waals surface area contributed by atoms with Crippen LogP contribution in [0.4, 0.5) is 0 Å². The number of hydrogen-bond donors (Lipinski definition) is 0. The van der Waals surface area contributed by atoms with E-state index >= 15 is 0 Å². The molecule has 184 valence electrons. The van der Waals surface area contributed by atoms with E-state index in [0.29, 0.717) is 5.92 Å². The lowest BCUT2D eigenvalue weighted by molar-refractivity contribution is -0.134. The number of piperidine rings is 1. The zero-order valence-corrected chi connectivity index (χ0v) is 21.3. The first-order valence-electron chi connectivity index (χ1n) is 12.8. The van der Waals surface area contributed by atoms with Gasteiger partial charge in [0.2, 0.25) is 5.91 Å². The van der Waals surface area contributed by atoms with E-state index in [0.717, 1.165) is 50.1 Å². The van der Waals surface area contributed by atoms with Gasteiger partial charge in [0.15, 0.2) is 0 Å². The van der Waals surface area contributed by atoms with Crippen molar-refractivity contribution in [3.63, 3.8) is 0 Å². The second-order valence-electron chi connectivity index (χ2n) is 9.87. The largest absolute Gasteiger partial charge is 0.341 e. The number of aromatic nitrogens is 2. The van der Waals surface area contributed by atoms with Crippen molar-refractivity contribution >= 4 is 23.2 Å². The summed E-state index contributed by atoms with van der Waals surface area (Å²) >= 11 is 1.63. The van der Waals surface area contributed by atoms with Crippen molar-refractivity contribution in [2.45, 2.75) is 57.5 Å². The summed E-state index contributed by atoms with van der Waals surface area (Å²) in [6, 6.07) is 12.3. The van der Waals surface area contributed by atoms with Crippen LogP contribution >= 0.6 is 11.3 Å². The maximum Gasteiger partial charge on any atom is 0.264 e. The molecule has 2 aliphatic rings. The fraction of sp³-hybridized carbons (Fsp3) is 0.464. The Morgan fingerprint density at radius 3 is 2.63 bits per heavy atom. The molecule has 3 heterocycles. The van der Waals surface area contributed by atoms with E-state index in [1.165, 1.54) is 29.5 Å². The van der Waals surface area contributed by atoms with Crippen molar-refractivity contribution in [1.82, 2.24) is 19.6 Å². The molecule has 1 aliphatic heterocycles. The fourth-order valence-electron chi connectivity index (χ4n) is 5.63. The predicted octanol–water partition coefficient (Wildman–Crippen LogP) is 4.45. The van der Waals surface area contributed by atoms with Crippen molar-refractivity contribution < 1.29 is 9.59 Å². The Morgan fingerprint density at radius 1 is 1.11 bits per heavy atom. The number of thiophene rings is 1. The second kappa shape index (κ2) is 10.8. The minimum Gasteiger partial charge on any atom is -0.341 e. The number of fused-ring (bicyclic) bond motifs is 1. The second-order valence-corrected chi connectivity index (χ2v) is 10.8. The maximum atomic E-state index is 13.4. The van der Waals surface area contributed by atoms with E-state index in [1.807, 2.05) is 35.2 Å². The van der Waals surface area contributed by atoms with Gasteiger partial charge in [0.05, 0.1) is 4.88 Å². The molecule has 1 aliphatic carbocycles. The molecule has 35 heavy (non-hydrogen) atoms. The third-order valence-electron chi connectivity index (χ3n) is 7.70. The summed E-state index contributed by atoms with van der Waals surface area (Å²) < 4.78 is 1.68. The van der Waals surface area contributed by atoms with Gasteiger partial charge in [0, 0.05) is 38.6 Å². The number of amides is 2. The number of likely N-dealkylation sites (tertiary alicyclic amines) is 1. The summed E-state index contributed by atoms with van der Waals surface area (Å²) in [4.78, 5) is 31.5. The molecule has 6 nitrogen and oxygen atoms in total. The lowest BCUT2D eigenvalue weighted by Crippen LogP contribution is -2.49. The normalized spacial score (nSPS) is 17.1. The van der Waals surface area contributed by atoms with E-state index in [1.54, 1.807) is 22.2 Å². The number of aryl methyl sites for hydroxylation is 1. The molecular formula is C28H34N4O2S. The summed E-state index contributed by atoms with van der Waals surface area (Å²) in [5, 5.41) is 6.40. The summed E-state index contributed by atoms with van der Waals surface area (Å²) in [6.07, 6.45) is 10.7. The van der Waals surface area contributed by atoms with Crippen LogP contribution in [-0.2, 0) is 30.6 Å². The van der Waals surface area contributed by atoms with Crippen molar-refractivity contribution in [2.75, 3.05) is 20.1 Å². The number of benzene rings is 1. The molecule has 1 saturated heterocycles. The first kappa shape index (κ1) is 23.8. The Balaban J connectivity index is 1.27. The van der Waals surface area contributed by atoms with Crippen LogP contribution in [0.25, 0.3) is 0 Å². The highest BCUT2D eigenvalue weighted by Gasteiger charge is 2.34. The summed E-state index contributed by atoms with van der Waals surface area (Å²) in [7, 11) is 1.93. The Hall–Kier alpha value is -2.93. The Labute approximate surface area is 211 Å². The lowest BCUT2D eigenvalue weighted by Gasteiger charge is -2.40. The molecule has 2 amide bonds. The lowest BCUT2D eigenvalue weighted by atomic mass is 9.84. The van der Waals surface area contributed by atoms with Crippen LogP contribution < -0.4 is 0 Å². The zero-order chi connectivity index (χ0) is 24.2. The third kappa shape index (κ3) is 5.35. The van der Waals surface area contributed by atoms with Crippen molar-refractivity contribution in [1.29, 1.82) is 0 Å². The molecule has 0 N–H and O–H groups in total. The molecular weight excluding hydrogens is 456 g/mol. The van der Waals surface area contributed by atoms with E-state index < -0.39 is 0 Å². The van der Waals surface area contributed by atoms with Crippen LogP contribution in [0.3, 0.4) is 0 Å². The Kier molecular flexibility index (Phi) is 7.32. The number of carbonyl (C=O) groups excluding carboxylic acids is 2. The van der Waals surface area contributed by atoms with Gasteiger partial charge >= 0.3 is 0 Å². The first-order chi connectivity index (χ1) is 17.1. The molecule has 2 aromatic heterocycles. The average Bonchev–Trinajstić information content (AvgIpc) is 3.57. The van der Waals surface area contributed by atoms with Crippen LogP contribution in [0.1, 0.15) is 52.0 Å². The molecule has 5 rings (SSSR count). The minimum absolute atomic E-state index is 0.0679. The molecule has 1 aromatic carbocycles. The quantitative estimate of drug-likeness (QED) is 0.492. The molecule has 1 atom stereocenters. The summed E-state index contributed by atoms with van der Waals surface area (Å²) in [5.74, 6) is 0.626. The molecule has 1 fully saturated rings. The highest BCUT2D eigenvalue weighted by molar-refractivity contribution is 7.12. The van der Waals surface area contributed by atoms with E-state index in [-0.39, 0.29) is 24.4 Å².